The third-order valence-corrected chi connectivity index (χ3v) is 2.82. The maximum absolute atomic E-state index is 8.65. The van der Waals surface area contributed by atoms with Crippen molar-refractivity contribution in [1.29, 1.82) is 5.26 Å². The number of rotatable bonds is 3. The summed E-state index contributed by atoms with van der Waals surface area (Å²) in [6.45, 7) is 4.06. The van der Waals surface area contributed by atoms with E-state index >= 15 is 0 Å². The fourth-order valence-corrected chi connectivity index (χ4v) is 1.75. The molecule has 0 aliphatic rings. The molecule has 0 saturated carbocycles. The first-order valence-electron chi connectivity index (χ1n) is 4.92. The molecule has 3 heteroatoms. The molecular weight excluding hydrogens is 208 g/mol. The van der Waals surface area contributed by atoms with Crippen LogP contribution in [-0.4, -0.2) is 13.1 Å². The second kappa shape index (κ2) is 5.04. The zero-order chi connectivity index (χ0) is 11.4. The van der Waals surface area contributed by atoms with Crippen LogP contribution in [0.3, 0.4) is 0 Å². The van der Waals surface area contributed by atoms with E-state index in [1.54, 1.807) is 0 Å². The third kappa shape index (κ3) is 2.87. The highest BCUT2D eigenvalue weighted by Crippen LogP contribution is 2.24. The molecule has 1 rings (SSSR count). The van der Waals surface area contributed by atoms with Crippen LogP contribution in [0.15, 0.2) is 18.2 Å². The van der Waals surface area contributed by atoms with Gasteiger partial charge in [0.15, 0.2) is 0 Å². The van der Waals surface area contributed by atoms with E-state index in [2.05, 4.69) is 11.0 Å². The average Bonchev–Trinajstić information content (AvgIpc) is 2.17. The molecule has 0 saturated heterocycles. The normalized spacial score (nSPS) is 11.9. The lowest BCUT2D eigenvalue weighted by Crippen LogP contribution is -2.28. The Balaban J connectivity index is 2.91. The van der Waals surface area contributed by atoms with Crippen molar-refractivity contribution in [3.63, 3.8) is 0 Å². The van der Waals surface area contributed by atoms with Gasteiger partial charge in [-0.2, -0.15) is 5.26 Å². The van der Waals surface area contributed by atoms with Gasteiger partial charge in [-0.15, -0.1) is 0 Å². The molecule has 0 amide bonds. The van der Waals surface area contributed by atoms with Crippen LogP contribution >= 0.6 is 11.6 Å². The van der Waals surface area contributed by atoms with Crippen LogP contribution < -0.4 is 4.90 Å². The maximum atomic E-state index is 8.65. The second-order valence-electron chi connectivity index (χ2n) is 3.75. The Morgan fingerprint density at radius 3 is 2.73 bits per heavy atom. The Labute approximate surface area is 96.1 Å². The van der Waals surface area contributed by atoms with E-state index in [-0.39, 0.29) is 6.04 Å². The van der Waals surface area contributed by atoms with Gasteiger partial charge >= 0.3 is 0 Å². The van der Waals surface area contributed by atoms with Gasteiger partial charge in [0, 0.05) is 23.8 Å². The largest absolute Gasteiger partial charge is 0.371 e. The summed E-state index contributed by atoms with van der Waals surface area (Å²) in [6, 6.07) is 8.20. The lowest BCUT2D eigenvalue weighted by Gasteiger charge is -2.26. The molecule has 0 aliphatic heterocycles. The summed E-state index contributed by atoms with van der Waals surface area (Å²) in [5.41, 5.74) is 2.26. The number of aryl methyl sites for hydroxylation is 1. The molecule has 1 aromatic rings. The molecule has 0 aliphatic carbocycles. The van der Waals surface area contributed by atoms with Crippen molar-refractivity contribution in [1.82, 2.24) is 0 Å². The molecule has 80 valence electrons. The summed E-state index contributed by atoms with van der Waals surface area (Å²) >= 11 is 5.89. The molecule has 0 heterocycles. The molecule has 15 heavy (non-hydrogen) atoms. The molecule has 0 radical (unpaired) electrons. The van der Waals surface area contributed by atoms with Crippen LogP contribution in [0.4, 0.5) is 5.69 Å². The van der Waals surface area contributed by atoms with Gasteiger partial charge in [0.1, 0.15) is 0 Å². The molecular formula is C12H15ClN2. The molecule has 1 unspecified atom stereocenters. The molecule has 2 nitrogen and oxygen atoms in total. The molecule has 1 aromatic carbocycles. The van der Waals surface area contributed by atoms with Gasteiger partial charge in [-0.05, 0) is 37.6 Å². The van der Waals surface area contributed by atoms with Crippen LogP contribution in [0.2, 0.25) is 5.02 Å². The maximum Gasteiger partial charge on any atom is 0.0643 e. The monoisotopic (exact) mass is 222 g/mol. The predicted octanol–water partition coefficient (Wildman–Crippen LogP) is 3.39. The summed E-state index contributed by atoms with van der Waals surface area (Å²) in [6.07, 6.45) is 0.526. The van der Waals surface area contributed by atoms with E-state index in [9.17, 15) is 0 Å². The van der Waals surface area contributed by atoms with Crippen molar-refractivity contribution in [3.8, 4) is 6.07 Å². The summed E-state index contributed by atoms with van der Waals surface area (Å²) in [7, 11) is 2.00. The quantitative estimate of drug-likeness (QED) is 0.784. The second-order valence-corrected chi connectivity index (χ2v) is 4.19. The SMILES string of the molecule is Cc1cc(Cl)ccc1N(C)C(C)CC#N. The molecule has 0 N–H and O–H groups in total. The number of hydrogen-bond donors (Lipinski definition) is 0. The van der Waals surface area contributed by atoms with Crippen molar-refractivity contribution >= 4 is 17.3 Å². The highest BCUT2D eigenvalue weighted by molar-refractivity contribution is 6.30. The van der Waals surface area contributed by atoms with Crippen LogP contribution in [0.25, 0.3) is 0 Å². The van der Waals surface area contributed by atoms with E-state index in [1.165, 1.54) is 0 Å². The lowest BCUT2D eigenvalue weighted by molar-refractivity contribution is 0.701. The number of nitriles is 1. The number of halogens is 1. The Morgan fingerprint density at radius 1 is 1.53 bits per heavy atom. The van der Waals surface area contributed by atoms with Crippen molar-refractivity contribution < 1.29 is 0 Å². The molecule has 0 aromatic heterocycles. The standard InChI is InChI=1S/C12H15ClN2/c1-9-8-11(13)4-5-12(9)15(3)10(2)6-7-14/h4-5,8,10H,6H2,1-3H3. The van der Waals surface area contributed by atoms with E-state index < -0.39 is 0 Å². The topological polar surface area (TPSA) is 27.0 Å². The van der Waals surface area contributed by atoms with Crippen molar-refractivity contribution in [2.45, 2.75) is 26.3 Å². The van der Waals surface area contributed by atoms with Gasteiger partial charge < -0.3 is 4.90 Å². The third-order valence-electron chi connectivity index (χ3n) is 2.59. The van der Waals surface area contributed by atoms with Crippen molar-refractivity contribution in [3.05, 3.63) is 28.8 Å². The van der Waals surface area contributed by atoms with E-state index in [0.717, 1.165) is 16.3 Å². The number of hydrogen-bond acceptors (Lipinski definition) is 2. The van der Waals surface area contributed by atoms with Crippen LogP contribution in [0, 0.1) is 18.3 Å². The first kappa shape index (κ1) is 11.9. The summed E-state index contributed by atoms with van der Waals surface area (Å²) in [5, 5.41) is 9.40. The summed E-state index contributed by atoms with van der Waals surface area (Å²) in [4.78, 5) is 2.11. The van der Waals surface area contributed by atoms with Gasteiger partial charge in [-0.1, -0.05) is 11.6 Å². The zero-order valence-corrected chi connectivity index (χ0v) is 10.0. The molecule has 0 bridgehead atoms. The zero-order valence-electron chi connectivity index (χ0n) is 9.29. The number of nitrogens with zero attached hydrogens (tertiary/aromatic N) is 2. The first-order chi connectivity index (χ1) is 7.06. The van der Waals surface area contributed by atoms with Gasteiger partial charge in [0.2, 0.25) is 0 Å². The Bertz CT molecular complexity index is 382. The fourth-order valence-electron chi connectivity index (χ4n) is 1.52. The van der Waals surface area contributed by atoms with Crippen LogP contribution in [0.1, 0.15) is 18.9 Å². The highest BCUT2D eigenvalue weighted by Gasteiger charge is 2.11. The minimum atomic E-state index is 0.217. The van der Waals surface area contributed by atoms with Crippen LogP contribution in [0.5, 0.6) is 0 Å². The Kier molecular flexibility index (Phi) is 3.99. The van der Waals surface area contributed by atoms with Crippen LogP contribution in [-0.2, 0) is 0 Å². The smallest absolute Gasteiger partial charge is 0.0643 e. The van der Waals surface area contributed by atoms with E-state index in [0.29, 0.717) is 6.42 Å². The number of anilines is 1. The van der Waals surface area contributed by atoms with E-state index in [4.69, 9.17) is 16.9 Å². The highest BCUT2D eigenvalue weighted by atomic mass is 35.5. The minimum absolute atomic E-state index is 0.217. The fraction of sp³-hybridized carbons (Fsp3) is 0.417. The summed E-state index contributed by atoms with van der Waals surface area (Å²) < 4.78 is 0. The molecule has 0 spiro atoms. The molecule has 1 atom stereocenters. The minimum Gasteiger partial charge on any atom is -0.371 e. The van der Waals surface area contributed by atoms with Crippen molar-refractivity contribution in [2.75, 3.05) is 11.9 Å². The predicted molar refractivity (Wildman–Crippen MR) is 64.3 cm³/mol. The molecule has 0 fully saturated rings. The van der Waals surface area contributed by atoms with E-state index in [1.807, 2.05) is 39.1 Å². The lowest BCUT2D eigenvalue weighted by atomic mass is 10.1. The first-order valence-corrected chi connectivity index (χ1v) is 5.30. The Morgan fingerprint density at radius 2 is 2.20 bits per heavy atom. The van der Waals surface area contributed by atoms with Gasteiger partial charge in [-0.25, -0.2) is 0 Å². The average molecular weight is 223 g/mol. The van der Waals surface area contributed by atoms with Gasteiger partial charge in [-0.3, -0.25) is 0 Å². The Hall–Kier alpha value is -1.20. The van der Waals surface area contributed by atoms with Gasteiger partial charge in [0.25, 0.3) is 0 Å². The van der Waals surface area contributed by atoms with Crippen molar-refractivity contribution in [2.24, 2.45) is 0 Å². The van der Waals surface area contributed by atoms with Gasteiger partial charge in [0.05, 0.1) is 12.5 Å². The summed E-state index contributed by atoms with van der Waals surface area (Å²) in [5.74, 6) is 0. The number of benzene rings is 1.